The highest BCUT2D eigenvalue weighted by molar-refractivity contribution is 6.30. The zero-order chi connectivity index (χ0) is 15.4. The van der Waals surface area contributed by atoms with Gasteiger partial charge in [-0.2, -0.15) is 4.98 Å². The van der Waals surface area contributed by atoms with Crippen molar-refractivity contribution in [3.8, 4) is 11.6 Å². The first-order valence-electron chi connectivity index (χ1n) is 7.03. The molecule has 1 heterocycles. The first-order valence-corrected chi connectivity index (χ1v) is 7.41. The van der Waals surface area contributed by atoms with Crippen molar-refractivity contribution in [3.05, 3.63) is 40.0 Å². The quantitative estimate of drug-likeness (QED) is 0.872. The molecule has 0 bridgehead atoms. The maximum absolute atomic E-state index is 6.04. The molecule has 2 aromatic rings. The van der Waals surface area contributed by atoms with Crippen LogP contribution in [0.2, 0.25) is 5.02 Å². The SMILES string of the molecule is CCCNc1nc(C)cc(Oc2c(C)cc(Cl)cc2C)n1. The van der Waals surface area contributed by atoms with Gasteiger partial charge in [0.15, 0.2) is 0 Å². The van der Waals surface area contributed by atoms with E-state index in [1.54, 1.807) is 0 Å². The van der Waals surface area contributed by atoms with E-state index in [4.69, 9.17) is 16.3 Å². The Morgan fingerprint density at radius 3 is 2.38 bits per heavy atom. The summed E-state index contributed by atoms with van der Waals surface area (Å²) >= 11 is 6.04. The number of nitrogens with zero attached hydrogens (tertiary/aromatic N) is 2. The average Bonchev–Trinajstić information content (AvgIpc) is 2.40. The summed E-state index contributed by atoms with van der Waals surface area (Å²) in [5, 5.41) is 3.89. The van der Waals surface area contributed by atoms with E-state index >= 15 is 0 Å². The molecule has 1 aromatic carbocycles. The number of benzene rings is 1. The smallest absolute Gasteiger partial charge is 0.226 e. The molecule has 0 aliphatic rings. The van der Waals surface area contributed by atoms with Crippen molar-refractivity contribution in [2.75, 3.05) is 11.9 Å². The molecule has 1 N–H and O–H groups in total. The topological polar surface area (TPSA) is 47.0 Å². The van der Waals surface area contributed by atoms with E-state index in [0.717, 1.165) is 35.5 Å². The monoisotopic (exact) mass is 305 g/mol. The Hall–Kier alpha value is -1.81. The van der Waals surface area contributed by atoms with E-state index < -0.39 is 0 Å². The highest BCUT2D eigenvalue weighted by atomic mass is 35.5. The summed E-state index contributed by atoms with van der Waals surface area (Å²) in [5.74, 6) is 1.92. The summed E-state index contributed by atoms with van der Waals surface area (Å²) in [6.45, 7) is 8.80. The lowest BCUT2D eigenvalue weighted by Crippen LogP contribution is -2.06. The molecule has 0 amide bonds. The number of hydrogen-bond acceptors (Lipinski definition) is 4. The van der Waals surface area contributed by atoms with E-state index in [0.29, 0.717) is 16.9 Å². The second-order valence-corrected chi connectivity index (χ2v) is 5.51. The predicted octanol–water partition coefficient (Wildman–Crippen LogP) is 4.67. The number of nitrogens with one attached hydrogen (secondary N) is 1. The second kappa shape index (κ2) is 6.76. The van der Waals surface area contributed by atoms with E-state index in [2.05, 4.69) is 22.2 Å². The molecule has 112 valence electrons. The standard InChI is InChI=1S/C16H20ClN3O/c1-5-6-18-16-19-12(4)9-14(20-16)21-15-10(2)7-13(17)8-11(15)3/h7-9H,5-6H2,1-4H3,(H,18,19,20). The minimum absolute atomic E-state index is 0.537. The molecule has 1 aromatic heterocycles. The molecule has 0 spiro atoms. The Kier molecular flexibility index (Phi) is 5.02. The van der Waals surface area contributed by atoms with Crippen molar-refractivity contribution in [1.82, 2.24) is 9.97 Å². The first kappa shape index (κ1) is 15.6. The lowest BCUT2D eigenvalue weighted by atomic mass is 10.1. The van der Waals surface area contributed by atoms with Gasteiger partial charge in [-0.25, -0.2) is 4.98 Å². The fourth-order valence-corrected chi connectivity index (χ4v) is 2.40. The number of anilines is 1. The van der Waals surface area contributed by atoms with Crippen molar-refractivity contribution in [1.29, 1.82) is 0 Å². The zero-order valence-electron chi connectivity index (χ0n) is 12.8. The van der Waals surface area contributed by atoms with E-state index in [-0.39, 0.29) is 0 Å². The van der Waals surface area contributed by atoms with Gasteiger partial charge in [0.2, 0.25) is 11.8 Å². The predicted molar refractivity (Wildman–Crippen MR) is 86.5 cm³/mol. The van der Waals surface area contributed by atoms with Gasteiger partial charge in [-0.05, 0) is 50.5 Å². The number of ether oxygens (including phenoxy) is 1. The number of halogens is 1. The average molecular weight is 306 g/mol. The van der Waals surface area contributed by atoms with Gasteiger partial charge >= 0.3 is 0 Å². The zero-order valence-corrected chi connectivity index (χ0v) is 13.6. The minimum atomic E-state index is 0.537. The molecule has 0 saturated heterocycles. The third-order valence-corrected chi connectivity index (χ3v) is 3.21. The molecule has 0 radical (unpaired) electrons. The Morgan fingerprint density at radius 2 is 1.76 bits per heavy atom. The van der Waals surface area contributed by atoms with Crippen LogP contribution in [0.25, 0.3) is 0 Å². The summed E-state index contributed by atoms with van der Waals surface area (Å²) in [6.07, 6.45) is 1.02. The maximum Gasteiger partial charge on any atom is 0.226 e. The summed E-state index contributed by atoms with van der Waals surface area (Å²) in [4.78, 5) is 8.74. The number of hydrogen-bond donors (Lipinski definition) is 1. The second-order valence-electron chi connectivity index (χ2n) is 5.07. The molecule has 0 unspecified atom stereocenters. The van der Waals surface area contributed by atoms with Gasteiger partial charge in [-0.1, -0.05) is 18.5 Å². The minimum Gasteiger partial charge on any atom is -0.438 e. The highest BCUT2D eigenvalue weighted by Gasteiger charge is 2.10. The van der Waals surface area contributed by atoms with Crippen LogP contribution < -0.4 is 10.1 Å². The fourth-order valence-electron chi connectivity index (χ4n) is 2.07. The van der Waals surface area contributed by atoms with E-state index in [1.165, 1.54) is 0 Å². The lowest BCUT2D eigenvalue weighted by Gasteiger charge is -2.13. The lowest BCUT2D eigenvalue weighted by molar-refractivity contribution is 0.454. The van der Waals surface area contributed by atoms with Crippen LogP contribution >= 0.6 is 11.6 Å². The number of rotatable bonds is 5. The third-order valence-electron chi connectivity index (χ3n) is 3.00. The van der Waals surface area contributed by atoms with Crippen molar-refractivity contribution < 1.29 is 4.74 Å². The molecule has 21 heavy (non-hydrogen) atoms. The highest BCUT2D eigenvalue weighted by Crippen LogP contribution is 2.31. The fraction of sp³-hybridized carbons (Fsp3) is 0.375. The molecular weight excluding hydrogens is 286 g/mol. The van der Waals surface area contributed by atoms with Crippen molar-refractivity contribution >= 4 is 17.5 Å². The van der Waals surface area contributed by atoms with Gasteiger partial charge in [-0.3, -0.25) is 0 Å². The largest absolute Gasteiger partial charge is 0.438 e. The molecule has 0 aliphatic heterocycles. The van der Waals surface area contributed by atoms with Gasteiger partial charge in [0.25, 0.3) is 0 Å². The summed E-state index contributed by atoms with van der Waals surface area (Å²) in [7, 11) is 0. The van der Waals surface area contributed by atoms with Gasteiger partial charge < -0.3 is 10.1 Å². The summed E-state index contributed by atoms with van der Waals surface area (Å²) in [5.41, 5.74) is 2.83. The Bertz CT molecular complexity index is 620. The molecule has 4 nitrogen and oxygen atoms in total. The van der Waals surface area contributed by atoms with Crippen LogP contribution in [0.4, 0.5) is 5.95 Å². The number of aromatic nitrogens is 2. The van der Waals surface area contributed by atoms with Gasteiger partial charge in [0, 0.05) is 23.3 Å². The molecular formula is C16H20ClN3O. The molecule has 2 rings (SSSR count). The van der Waals surface area contributed by atoms with Crippen LogP contribution in [-0.4, -0.2) is 16.5 Å². The summed E-state index contributed by atoms with van der Waals surface area (Å²) < 4.78 is 5.95. The van der Waals surface area contributed by atoms with Crippen LogP contribution in [0, 0.1) is 20.8 Å². The molecule has 5 heteroatoms. The van der Waals surface area contributed by atoms with E-state index in [1.807, 2.05) is 39.0 Å². The van der Waals surface area contributed by atoms with E-state index in [9.17, 15) is 0 Å². The molecule has 0 atom stereocenters. The first-order chi connectivity index (χ1) is 9.99. The van der Waals surface area contributed by atoms with Crippen LogP contribution in [0.3, 0.4) is 0 Å². The normalized spacial score (nSPS) is 10.5. The summed E-state index contributed by atoms with van der Waals surface area (Å²) in [6, 6.07) is 5.59. The van der Waals surface area contributed by atoms with Crippen LogP contribution in [0.5, 0.6) is 11.6 Å². The van der Waals surface area contributed by atoms with Crippen molar-refractivity contribution in [2.45, 2.75) is 34.1 Å². The Labute approximate surface area is 130 Å². The molecule has 0 fully saturated rings. The van der Waals surface area contributed by atoms with Crippen LogP contribution in [0.15, 0.2) is 18.2 Å². The molecule has 0 aliphatic carbocycles. The number of aryl methyl sites for hydroxylation is 3. The van der Waals surface area contributed by atoms with Crippen molar-refractivity contribution in [3.63, 3.8) is 0 Å². The van der Waals surface area contributed by atoms with Gasteiger partial charge in [0.05, 0.1) is 0 Å². The third kappa shape index (κ3) is 4.08. The maximum atomic E-state index is 6.04. The molecule has 0 saturated carbocycles. The Morgan fingerprint density at radius 1 is 1.10 bits per heavy atom. The van der Waals surface area contributed by atoms with Crippen LogP contribution in [0.1, 0.15) is 30.2 Å². The Balaban J connectivity index is 2.29. The van der Waals surface area contributed by atoms with Gasteiger partial charge in [-0.15, -0.1) is 0 Å². The van der Waals surface area contributed by atoms with Gasteiger partial charge in [0.1, 0.15) is 5.75 Å². The van der Waals surface area contributed by atoms with Crippen LogP contribution in [-0.2, 0) is 0 Å². The van der Waals surface area contributed by atoms with Crippen molar-refractivity contribution in [2.24, 2.45) is 0 Å².